The van der Waals surface area contributed by atoms with E-state index in [0.717, 1.165) is 58.6 Å². The lowest BCUT2D eigenvalue weighted by atomic mass is 9.99. The molecule has 3 aromatic carbocycles. The van der Waals surface area contributed by atoms with Gasteiger partial charge in [-0.15, -0.1) is 0 Å². The standard InChI is InChI=1S/C35H36Cl3N3O4/c1-41(18-16-30-7-2-3-17-39-30)22-31-20-32(27-10-8-24(23-42)9-11-27)45-33(44-31)28-14-12-26(13-15-28)29-6-4-5-25(19-29)21-40-34(43)35(36,37)38/h2-15,17,19,31-33,42H,16,18,20-23H2,1H3,(H,40,43). The van der Waals surface area contributed by atoms with E-state index in [1.54, 1.807) is 0 Å². The topological polar surface area (TPSA) is 83.9 Å². The van der Waals surface area contributed by atoms with Crippen molar-refractivity contribution in [2.45, 2.75) is 48.3 Å². The van der Waals surface area contributed by atoms with Gasteiger partial charge in [0.1, 0.15) is 0 Å². The van der Waals surface area contributed by atoms with Gasteiger partial charge in [-0.1, -0.05) is 108 Å². The molecule has 1 aromatic heterocycles. The molecule has 0 aliphatic carbocycles. The van der Waals surface area contributed by atoms with Crippen molar-refractivity contribution < 1.29 is 19.4 Å². The molecule has 1 fully saturated rings. The third-order valence-corrected chi connectivity index (χ3v) is 8.27. The number of rotatable bonds is 11. The molecule has 0 spiro atoms. The second-order valence-electron chi connectivity index (χ2n) is 11.2. The Kier molecular flexibility index (Phi) is 11.5. The van der Waals surface area contributed by atoms with Crippen LogP contribution >= 0.6 is 34.8 Å². The van der Waals surface area contributed by atoms with Crippen LogP contribution in [0.2, 0.25) is 0 Å². The Morgan fingerprint density at radius 2 is 1.69 bits per heavy atom. The highest BCUT2D eigenvalue weighted by Crippen LogP contribution is 2.38. The van der Waals surface area contributed by atoms with E-state index in [-0.39, 0.29) is 25.4 Å². The SMILES string of the molecule is CN(CCc1ccccn1)CC1CC(c2ccc(CO)cc2)OC(c2ccc(-c3cccc(CNC(=O)C(Cl)(Cl)Cl)c3)cc2)O1. The fourth-order valence-corrected chi connectivity index (χ4v) is 5.50. The molecule has 0 bridgehead atoms. The van der Waals surface area contributed by atoms with Crippen LogP contribution in [0.1, 0.15) is 46.8 Å². The lowest BCUT2D eigenvalue weighted by molar-refractivity contribution is -0.252. The Morgan fingerprint density at radius 3 is 2.38 bits per heavy atom. The molecular weight excluding hydrogens is 633 g/mol. The molecule has 3 unspecified atom stereocenters. The molecule has 236 valence electrons. The van der Waals surface area contributed by atoms with Crippen LogP contribution in [0.5, 0.6) is 0 Å². The molecule has 7 nitrogen and oxygen atoms in total. The van der Waals surface area contributed by atoms with Gasteiger partial charge in [-0.3, -0.25) is 9.78 Å². The first-order chi connectivity index (χ1) is 21.7. The van der Waals surface area contributed by atoms with Gasteiger partial charge < -0.3 is 24.8 Å². The van der Waals surface area contributed by atoms with E-state index >= 15 is 0 Å². The number of ether oxygens (including phenoxy) is 2. The molecule has 1 saturated heterocycles. The molecule has 4 aromatic rings. The maximum absolute atomic E-state index is 12.0. The summed E-state index contributed by atoms with van der Waals surface area (Å²) in [6.45, 7) is 1.85. The summed E-state index contributed by atoms with van der Waals surface area (Å²) in [4.78, 5) is 18.7. The first-order valence-corrected chi connectivity index (χ1v) is 15.9. The van der Waals surface area contributed by atoms with Crippen LogP contribution in [0.25, 0.3) is 11.1 Å². The number of aliphatic hydroxyl groups excluding tert-OH is 1. The molecule has 5 rings (SSSR count). The number of aromatic nitrogens is 1. The smallest absolute Gasteiger partial charge is 0.272 e. The van der Waals surface area contributed by atoms with Gasteiger partial charge >= 0.3 is 0 Å². The van der Waals surface area contributed by atoms with E-state index < -0.39 is 16.0 Å². The van der Waals surface area contributed by atoms with Crippen molar-refractivity contribution in [1.29, 1.82) is 0 Å². The molecule has 2 heterocycles. The van der Waals surface area contributed by atoms with Crippen LogP contribution in [0.3, 0.4) is 0 Å². The van der Waals surface area contributed by atoms with Crippen LogP contribution in [-0.4, -0.2) is 50.9 Å². The minimum Gasteiger partial charge on any atom is -0.392 e. The van der Waals surface area contributed by atoms with E-state index in [9.17, 15) is 9.90 Å². The predicted molar refractivity (Wildman–Crippen MR) is 178 cm³/mol. The largest absolute Gasteiger partial charge is 0.392 e. The van der Waals surface area contributed by atoms with Gasteiger partial charge in [-0.2, -0.15) is 0 Å². The van der Waals surface area contributed by atoms with E-state index in [0.29, 0.717) is 6.42 Å². The van der Waals surface area contributed by atoms with Crippen molar-refractivity contribution in [3.63, 3.8) is 0 Å². The van der Waals surface area contributed by atoms with Crippen molar-refractivity contribution in [3.8, 4) is 11.1 Å². The van der Waals surface area contributed by atoms with E-state index in [1.165, 1.54) is 0 Å². The minimum atomic E-state index is -2.01. The van der Waals surface area contributed by atoms with Crippen LogP contribution in [0, 0.1) is 0 Å². The summed E-state index contributed by atoms with van der Waals surface area (Å²) in [5, 5.41) is 12.1. The number of hydrogen-bond acceptors (Lipinski definition) is 6. The fraction of sp³-hybridized carbons (Fsp3) is 0.314. The average Bonchev–Trinajstić information content (AvgIpc) is 3.06. The summed E-state index contributed by atoms with van der Waals surface area (Å²) in [5.74, 6) is -0.671. The van der Waals surface area contributed by atoms with Crippen LogP contribution < -0.4 is 5.32 Å². The molecule has 45 heavy (non-hydrogen) atoms. The molecule has 0 radical (unpaired) electrons. The van der Waals surface area contributed by atoms with Gasteiger partial charge in [0, 0.05) is 49.9 Å². The Hall–Kier alpha value is -3.01. The molecule has 1 aliphatic rings. The predicted octanol–water partition coefficient (Wildman–Crippen LogP) is 6.95. The number of benzene rings is 3. The van der Waals surface area contributed by atoms with Crippen molar-refractivity contribution in [1.82, 2.24) is 15.2 Å². The van der Waals surface area contributed by atoms with Gasteiger partial charge in [-0.05, 0) is 53.1 Å². The maximum Gasteiger partial charge on any atom is 0.272 e. The van der Waals surface area contributed by atoms with E-state index in [1.807, 2.05) is 97.2 Å². The van der Waals surface area contributed by atoms with E-state index in [2.05, 4.69) is 22.2 Å². The zero-order valence-electron chi connectivity index (χ0n) is 24.9. The van der Waals surface area contributed by atoms with Crippen LogP contribution in [0.4, 0.5) is 0 Å². The zero-order chi connectivity index (χ0) is 31.8. The van der Waals surface area contributed by atoms with Crippen LogP contribution in [0.15, 0.2) is 97.2 Å². The molecular formula is C35H36Cl3N3O4. The molecule has 2 N–H and O–H groups in total. The van der Waals surface area contributed by atoms with Crippen molar-refractivity contribution in [3.05, 3.63) is 125 Å². The number of nitrogens with zero attached hydrogens (tertiary/aromatic N) is 2. The number of pyridine rings is 1. The molecule has 1 amide bonds. The number of nitrogens with one attached hydrogen (secondary N) is 1. The number of carbonyl (C=O) groups excluding carboxylic acids is 1. The summed E-state index contributed by atoms with van der Waals surface area (Å²) in [6.07, 6.45) is 2.63. The lowest BCUT2D eigenvalue weighted by Crippen LogP contribution is -2.38. The number of halogens is 3. The normalized spacial score (nSPS) is 18.6. The second kappa shape index (κ2) is 15.5. The lowest BCUT2D eigenvalue weighted by Gasteiger charge is -2.38. The average molecular weight is 669 g/mol. The molecule has 3 atom stereocenters. The Labute approximate surface area is 279 Å². The van der Waals surface area contributed by atoms with Crippen LogP contribution in [-0.2, 0) is 33.8 Å². The van der Waals surface area contributed by atoms with Gasteiger partial charge in [-0.25, -0.2) is 0 Å². The Bertz CT molecular complexity index is 1530. The number of carbonyl (C=O) groups is 1. The molecule has 0 saturated carbocycles. The highest BCUT2D eigenvalue weighted by molar-refractivity contribution is 6.76. The number of amides is 1. The highest BCUT2D eigenvalue weighted by atomic mass is 35.6. The first kappa shape index (κ1) is 33.4. The minimum absolute atomic E-state index is 0.0000811. The summed E-state index contributed by atoms with van der Waals surface area (Å²) in [5.41, 5.74) is 6.77. The first-order valence-electron chi connectivity index (χ1n) is 14.8. The van der Waals surface area contributed by atoms with Gasteiger partial charge in [0.15, 0.2) is 6.29 Å². The summed E-state index contributed by atoms with van der Waals surface area (Å²) >= 11 is 17.0. The van der Waals surface area contributed by atoms with Crippen molar-refractivity contribution in [2.24, 2.45) is 0 Å². The summed E-state index contributed by atoms with van der Waals surface area (Å²) < 4.78 is 11.1. The third kappa shape index (κ3) is 9.50. The molecule has 1 aliphatic heterocycles. The van der Waals surface area contributed by atoms with Gasteiger partial charge in [0.05, 0.1) is 18.8 Å². The quantitative estimate of drug-likeness (QED) is 0.169. The summed E-state index contributed by atoms with van der Waals surface area (Å²) in [6, 6.07) is 29.8. The summed E-state index contributed by atoms with van der Waals surface area (Å²) in [7, 11) is 2.10. The second-order valence-corrected chi connectivity index (χ2v) is 13.5. The number of hydrogen-bond donors (Lipinski definition) is 2. The number of alkyl halides is 3. The molecule has 10 heteroatoms. The number of likely N-dealkylation sites (N-methyl/N-ethyl adjacent to an activating group) is 1. The van der Waals surface area contributed by atoms with Crippen molar-refractivity contribution >= 4 is 40.7 Å². The number of aliphatic hydroxyl groups is 1. The highest BCUT2D eigenvalue weighted by Gasteiger charge is 2.33. The van der Waals surface area contributed by atoms with Crippen molar-refractivity contribution in [2.75, 3.05) is 20.1 Å². The zero-order valence-corrected chi connectivity index (χ0v) is 27.2. The van der Waals surface area contributed by atoms with E-state index in [4.69, 9.17) is 44.3 Å². The van der Waals surface area contributed by atoms with Gasteiger partial charge in [0.2, 0.25) is 0 Å². The third-order valence-electron chi connectivity index (χ3n) is 7.76. The van der Waals surface area contributed by atoms with Gasteiger partial charge in [0.25, 0.3) is 9.70 Å². The maximum atomic E-state index is 12.0. The monoisotopic (exact) mass is 667 g/mol. The Balaban J connectivity index is 1.29. The fourth-order valence-electron chi connectivity index (χ4n) is 5.30. The Morgan fingerprint density at radius 1 is 0.933 bits per heavy atom.